The Hall–Kier alpha value is -4.68. The number of benzene rings is 4. The van der Waals surface area contributed by atoms with Crippen LogP contribution in [0.5, 0.6) is 11.5 Å². The highest BCUT2D eigenvalue weighted by molar-refractivity contribution is 5.74. The van der Waals surface area contributed by atoms with Crippen molar-refractivity contribution < 1.29 is 19.1 Å². The van der Waals surface area contributed by atoms with Crippen molar-refractivity contribution in [3.63, 3.8) is 0 Å². The summed E-state index contributed by atoms with van der Waals surface area (Å²) in [6, 6.07) is 35.9. The predicted molar refractivity (Wildman–Crippen MR) is 167 cm³/mol. The van der Waals surface area contributed by atoms with Crippen LogP contribution in [0.4, 0.5) is 0 Å². The van der Waals surface area contributed by atoms with E-state index in [1.165, 1.54) is 5.56 Å². The largest absolute Gasteiger partial charge is 0.480 e. The van der Waals surface area contributed by atoms with Gasteiger partial charge in [-0.15, -0.1) is 0 Å². The number of nitrogens with zero attached hydrogens (tertiary/aromatic N) is 2. The fraction of sp³-hybridized carbons (Fsp3) is 0.243. The summed E-state index contributed by atoms with van der Waals surface area (Å²) in [6.07, 6.45) is 4.23. The first-order valence-corrected chi connectivity index (χ1v) is 14.9. The summed E-state index contributed by atoms with van der Waals surface area (Å²) in [7, 11) is 0. The minimum atomic E-state index is -0.762. The summed E-state index contributed by atoms with van der Waals surface area (Å²) < 4.78 is 11.8. The van der Waals surface area contributed by atoms with Gasteiger partial charge in [0.1, 0.15) is 23.3 Å². The summed E-state index contributed by atoms with van der Waals surface area (Å²) in [5.74, 6) is 2.33. The van der Waals surface area contributed by atoms with Crippen molar-refractivity contribution in [1.82, 2.24) is 9.88 Å². The van der Waals surface area contributed by atoms with Gasteiger partial charge in [-0.25, -0.2) is 4.98 Å². The number of ether oxygens (including phenoxy) is 1. The van der Waals surface area contributed by atoms with Crippen molar-refractivity contribution in [1.29, 1.82) is 0 Å². The van der Waals surface area contributed by atoms with Gasteiger partial charge >= 0.3 is 5.97 Å². The number of carboxylic acid groups (broad SMARTS) is 1. The molecule has 4 aromatic carbocycles. The summed E-state index contributed by atoms with van der Waals surface area (Å²) in [4.78, 5) is 19.0. The van der Waals surface area contributed by atoms with Gasteiger partial charge in [-0.05, 0) is 92.1 Å². The van der Waals surface area contributed by atoms with Crippen molar-refractivity contribution in [2.24, 2.45) is 0 Å². The minimum Gasteiger partial charge on any atom is -0.480 e. The van der Waals surface area contributed by atoms with E-state index in [9.17, 15) is 9.90 Å². The highest BCUT2D eigenvalue weighted by Gasteiger charge is 2.38. The molecule has 43 heavy (non-hydrogen) atoms. The van der Waals surface area contributed by atoms with Gasteiger partial charge in [0, 0.05) is 18.2 Å². The van der Waals surface area contributed by atoms with Crippen LogP contribution in [0.15, 0.2) is 114 Å². The first kappa shape index (κ1) is 28.4. The zero-order valence-corrected chi connectivity index (χ0v) is 24.4. The third-order valence-corrected chi connectivity index (χ3v) is 8.22. The molecule has 0 bridgehead atoms. The molecule has 1 aromatic heterocycles. The molecule has 0 amide bonds. The van der Waals surface area contributed by atoms with Crippen molar-refractivity contribution in [3.05, 3.63) is 137 Å². The molecular formula is C37H36N2O4. The van der Waals surface area contributed by atoms with Gasteiger partial charge in [0.25, 0.3) is 0 Å². The van der Waals surface area contributed by atoms with E-state index in [2.05, 4.69) is 29.2 Å². The monoisotopic (exact) mass is 572 g/mol. The summed E-state index contributed by atoms with van der Waals surface area (Å²) in [6.45, 7) is 2.55. The van der Waals surface area contributed by atoms with E-state index in [1.54, 1.807) is 0 Å². The van der Waals surface area contributed by atoms with E-state index in [-0.39, 0.29) is 6.04 Å². The Morgan fingerprint density at radius 2 is 1.49 bits per heavy atom. The van der Waals surface area contributed by atoms with Gasteiger partial charge in [0.2, 0.25) is 5.89 Å². The second kappa shape index (κ2) is 13.1. The molecule has 1 aliphatic rings. The molecule has 6 rings (SSSR count). The molecule has 1 N–H and O–H groups in total. The Labute approximate surface area is 252 Å². The average Bonchev–Trinajstić information content (AvgIpc) is 3.63. The molecule has 1 fully saturated rings. The van der Waals surface area contributed by atoms with E-state index in [4.69, 9.17) is 14.1 Å². The lowest BCUT2D eigenvalue weighted by Gasteiger charge is -2.28. The molecule has 6 heteroatoms. The summed E-state index contributed by atoms with van der Waals surface area (Å²) in [5.41, 5.74) is 5.50. The van der Waals surface area contributed by atoms with E-state index in [0.717, 1.165) is 65.3 Å². The van der Waals surface area contributed by atoms with Gasteiger partial charge in [-0.3, -0.25) is 9.69 Å². The first-order chi connectivity index (χ1) is 21.0. The fourth-order valence-electron chi connectivity index (χ4n) is 5.94. The number of hydrogen-bond acceptors (Lipinski definition) is 5. The molecule has 1 saturated heterocycles. The van der Waals surface area contributed by atoms with Crippen LogP contribution < -0.4 is 4.74 Å². The second-order valence-electron chi connectivity index (χ2n) is 11.2. The Morgan fingerprint density at radius 3 is 2.19 bits per heavy atom. The van der Waals surface area contributed by atoms with Crippen LogP contribution in [-0.4, -0.2) is 27.0 Å². The zero-order valence-electron chi connectivity index (χ0n) is 24.4. The van der Waals surface area contributed by atoms with E-state index < -0.39 is 12.0 Å². The molecule has 2 atom stereocenters. The quantitative estimate of drug-likeness (QED) is 0.171. The van der Waals surface area contributed by atoms with Crippen molar-refractivity contribution in [3.8, 4) is 23.0 Å². The number of rotatable bonds is 11. The van der Waals surface area contributed by atoms with E-state index in [1.807, 2.05) is 91.9 Å². The molecule has 2 heterocycles. The number of aliphatic carboxylic acids is 1. The maximum atomic E-state index is 12.2. The van der Waals surface area contributed by atoms with Crippen LogP contribution in [0.3, 0.4) is 0 Å². The molecule has 0 aliphatic carbocycles. The number of aromatic nitrogens is 1. The van der Waals surface area contributed by atoms with Crippen molar-refractivity contribution in [2.45, 2.75) is 57.7 Å². The lowest BCUT2D eigenvalue weighted by atomic mass is 10.00. The van der Waals surface area contributed by atoms with Crippen LogP contribution in [0.1, 0.15) is 53.4 Å². The van der Waals surface area contributed by atoms with Gasteiger partial charge in [0.05, 0.1) is 5.69 Å². The first-order valence-electron chi connectivity index (χ1n) is 14.9. The third kappa shape index (κ3) is 6.87. The standard InChI is InChI=1S/C37H36N2O4/c1-26-33(38-36(42-26)30-10-4-2-5-11-30)14-8-9-27-15-19-29(20-16-27)34-23-24-35(37(40)41)39(34)25-28-17-21-32(22-18-28)43-31-12-6-3-7-13-31/h2-7,10-13,15-22,34-35H,8-9,14,23-25H2,1H3,(H,40,41). The molecule has 0 saturated carbocycles. The number of likely N-dealkylation sites (tertiary alicyclic amines) is 1. The SMILES string of the molecule is Cc1oc(-c2ccccc2)nc1CCCc1ccc(C2CCC(C(=O)O)N2Cc2ccc(Oc3ccccc3)cc2)cc1. The highest BCUT2D eigenvalue weighted by atomic mass is 16.5. The molecule has 6 nitrogen and oxygen atoms in total. The summed E-state index contributed by atoms with van der Waals surface area (Å²) in [5, 5.41) is 9.98. The minimum absolute atomic E-state index is 0.0598. The molecule has 0 radical (unpaired) electrons. The van der Waals surface area contributed by atoms with E-state index >= 15 is 0 Å². The number of oxazole rings is 1. The lowest BCUT2D eigenvalue weighted by molar-refractivity contribution is -0.142. The maximum absolute atomic E-state index is 12.2. The van der Waals surface area contributed by atoms with Gasteiger partial charge in [0.15, 0.2) is 0 Å². The third-order valence-electron chi connectivity index (χ3n) is 8.22. The Balaban J connectivity index is 1.08. The molecule has 1 aliphatic heterocycles. The number of carboxylic acids is 1. The topological polar surface area (TPSA) is 75.8 Å². The van der Waals surface area contributed by atoms with E-state index in [0.29, 0.717) is 18.9 Å². The number of para-hydroxylation sites is 1. The normalized spacial score (nSPS) is 16.8. The Morgan fingerprint density at radius 1 is 0.837 bits per heavy atom. The number of aryl methyl sites for hydroxylation is 3. The average molecular weight is 573 g/mol. The molecule has 5 aromatic rings. The number of carbonyl (C=O) groups is 1. The molecular weight excluding hydrogens is 536 g/mol. The van der Waals surface area contributed by atoms with Gasteiger partial charge in [-0.1, -0.05) is 72.8 Å². The molecule has 218 valence electrons. The van der Waals surface area contributed by atoms with Crippen LogP contribution >= 0.6 is 0 Å². The molecule has 2 unspecified atom stereocenters. The zero-order chi connectivity index (χ0) is 29.6. The predicted octanol–water partition coefficient (Wildman–Crippen LogP) is 8.41. The number of hydrogen-bond donors (Lipinski definition) is 1. The fourth-order valence-corrected chi connectivity index (χ4v) is 5.94. The molecule has 0 spiro atoms. The Bertz CT molecular complexity index is 1630. The van der Waals surface area contributed by atoms with Crippen LogP contribution in [0.2, 0.25) is 0 Å². The second-order valence-corrected chi connectivity index (χ2v) is 11.2. The van der Waals surface area contributed by atoms with Crippen LogP contribution in [0.25, 0.3) is 11.5 Å². The van der Waals surface area contributed by atoms with Crippen molar-refractivity contribution >= 4 is 5.97 Å². The smallest absolute Gasteiger partial charge is 0.320 e. The van der Waals surface area contributed by atoms with Crippen LogP contribution in [0, 0.1) is 6.92 Å². The Kier molecular flexibility index (Phi) is 8.66. The maximum Gasteiger partial charge on any atom is 0.320 e. The van der Waals surface area contributed by atoms with Crippen molar-refractivity contribution in [2.75, 3.05) is 0 Å². The van der Waals surface area contributed by atoms with Crippen LogP contribution in [-0.2, 0) is 24.2 Å². The lowest BCUT2D eigenvalue weighted by Crippen LogP contribution is -2.36. The summed E-state index contributed by atoms with van der Waals surface area (Å²) >= 11 is 0. The van der Waals surface area contributed by atoms with Gasteiger partial charge in [-0.2, -0.15) is 0 Å². The highest BCUT2D eigenvalue weighted by Crippen LogP contribution is 2.38. The van der Waals surface area contributed by atoms with Gasteiger partial charge < -0.3 is 14.3 Å².